The van der Waals surface area contributed by atoms with Crippen molar-refractivity contribution in [2.24, 2.45) is 0 Å². The summed E-state index contributed by atoms with van der Waals surface area (Å²) >= 11 is 3.86. The fraction of sp³-hybridized carbons (Fsp3) is 0.0909. The van der Waals surface area contributed by atoms with E-state index in [0.29, 0.717) is 28.6 Å². The van der Waals surface area contributed by atoms with Crippen LogP contribution in [0.1, 0.15) is 31.8 Å². The van der Waals surface area contributed by atoms with E-state index in [1.165, 1.54) is 0 Å². The smallest absolute Gasteiger partial charge is 0.337 e. The molecule has 1 aromatic heterocycles. The number of carboxylic acid groups (broad SMARTS) is 1. The highest BCUT2D eigenvalue weighted by atomic mass is 32.1. The molecule has 4 rings (SSSR count). The monoisotopic (exact) mass is 391 g/mol. The SMILES string of the molecule is Cc1cc(C(=O)S)c(C(=O)O)c2c1[nH]c1ccc(OCc3ccccc3)cc12. The largest absolute Gasteiger partial charge is 0.489 e. The van der Waals surface area contributed by atoms with Crippen LogP contribution in [0.15, 0.2) is 54.6 Å². The number of benzene rings is 3. The minimum absolute atomic E-state index is 0.0490. The quantitative estimate of drug-likeness (QED) is 0.419. The standard InChI is InChI=1S/C22H17NO4S/c1-12-9-16(22(26)28)19(21(24)25)18-15-10-14(7-8-17(15)23-20(12)18)27-11-13-5-3-2-4-6-13/h2-10,23H,11H2,1H3,(H,24,25)(H,26,28). The van der Waals surface area contributed by atoms with Crippen LogP contribution in [0.2, 0.25) is 0 Å². The Balaban J connectivity index is 1.88. The first-order chi connectivity index (χ1) is 13.5. The number of aromatic carboxylic acids is 1. The molecule has 4 aromatic rings. The van der Waals surface area contributed by atoms with E-state index in [9.17, 15) is 14.7 Å². The van der Waals surface area contributed by atoms with Gasteiger partial charge in [-0.25, -0.2) is 4.79 Å². The van der Waals surface area contributed by atoms with E-state index < -0.39 is 11.1 Å². The second kappa shape index (κ2) is 7.05. The van der Waals surface area contributed by atoms with Gasteiger partial charge in [-0.2, -0.15) is 0 Å². The first-order valence-corrected chi connectivity index (χ1v) is 9.13. The van der Waals surface area contributed by atoms with Gasteiger partial charge in [0.25, 0.3) is 0 Å². The maximum atomic E-state index is 12.0. The van der Waals surface area contributed by atoms with Gasteiger partial charge in [-0.3, -0.25) is 4.79 Å². The highest BCUT2D eigenvalue weighted by Gasteiger charge is 2.23. The van der Waals surface area contributed by atoms with Crippen LogP contribution in [0.3, 0.4) is 0 Å². The van der Waals surface area contributed by atoms with Crippen LogP contribution < -0.4 is 4.74 Å². The number of hydrogen-bond donors (Lipinski definition) is 3. The van der Waals surface area contributed by atoms with Gasteiger partial charge in [0.05, 0.1) is 11.1 Å². The summed E-state index contributed by atoms with van der Waals surface area (Å²) in [6, 6.07) is 16.8. The number of ether oxygens (including phenoxy) is 1. The second-order valence-corrected chi connectivity index (χ2v) is 6.99. The topological polar surface area (TPSA) is 79.4 Å². The molecule has 0 atom stereocenters. The lowest BCUT2D eigenvalue weighted by atomic mass is 9.98. The zero-order valence-electron chi connectivity index (χ0n) is 15.0. The Hall–Kier alpha value is -3.25. The minimum Gasteiger partial charge on any atom is -0.489 e. The van der Waals surface area contributed by atoms with Crippen LogP contribution in [0, 0.1) is 6.92 Å². The van der Waals surface area contributed by atoms with E-state index in [4.69, 9.17) is 4.74 Å². The highest BCUT2D eigenvalue weighted by molar-refractivity contribution is 7.97. The average molecular weight is 391 g/mol. The molecule has 0 saturated heterocycles. The van der Waals surface area contributed by atoms with Crippen molar-refractivity contribution in [1.29, 1.82) is 0 Å². The Kier molecular flexibility index (Phi) is 4.57. The number of carbonyl (C=O) groups excluding carboxylic acids is 1. The van der Waals surface area contributed by atoms with Crippen molar-refractivity contribution in [3.63, 3.8) is 0 Å². The van der Waals surface area contributed by atoms with Gasteiger partial charge in [-0.15, -0.1) is 12.6 Å². The Morgan fingerprint density at radius 3 is 2.54 bits per heavy atom. The maximum absolute atomic E-state index is 12.0. The molecule has 6 heteroatoms. The Morgan fingerprint density at radius 1 is 1.11 bits per heavy atom. The molecule has 5 nitrogen and oxygen atoms in total. The summed E-state index contributed by atoms with van der Waals surface area (Å²) in [6.45, 7) is 2.23. The fourth-order valence-corrected chi connectivity index (χ4v) is 3.62. The second-order valence-electron chi connectivity index (χ2n) is 6.58. The number of carbonyl (C=O) groups is 2. The predicted molar refractivity (Wildman–Crippen MR) is 112 cm³/mol. The first kappa shape index (κ1) is 18.1. The van der Waals surface area contributed by atoms with Crippen LogP contribution in [0.25, 0.3) is 21.8 Å². The van der Waals surface area contributed by atoms with Crippen LogP contribution in [0.5, 0.6) is 5.75 Å². The molecule has 0 saturated carbocycles. The number of hydrogen-bond acceptors (Lipinski definition) is 3. The van der Waals surface area contributed by atoms with Gasteiger partial charge >= 0.3 is 5.97 Å². The zero-order chi connectivity index (χ0) is 19.8. The summed E-state index contributed by atoms with van der Waals surface area (Å²) < 4.78 is 5.88. The third-order valence-corrected chi connectivity index (χ3v) is 4.98. The molecule has 0 aliphatic rings. The maximum Gasteiger partial charge on any atom is 0.337 e. The van der Waals surface area contributed by atoms with Gasteiger partial charge in [0.2, 0.25) is 5.12 Å². The van der Waals surface area contributed by atoms with Crippen molar-refractivity contribution in [3.8, 4) is 5.75 Å². The van der Waals surface area contributed by atoms with E-state index in [1.807, 2.05) is 49.4 Å². The van der Waals surface area contributed by atoms with Crippen molar-refractivity contribution in [2.45, 2.75) is 13.5 Å². The zero-order valence-corrected chi connectivity index (χ0v) is 15.9. The molecule has 0 unspecified atom stereocenters. The highest BCUT2D eigenvalue weighted by Crippen LogP contribution is 2.35. The Labute approximate surface area is 166 Å². The van der Waals surface area contributed by atoms with Crippen molar-refractivity contribution in [3.05, 3.63) is 76.9 Å². The summed E-state index contributed by atoms with van der Waals surface area (Å²) in [5.74, 6) is -0.548. The minimum atomic E-state index is -1.17. The van der Waals surface area contributed by atoms with Gasteiger partial charge in [-0.05, 0) is 42.3 Å². The average Bonchev–Trinajstić information content (AvgIpc) is 3.06. The molecule has 28 heavy (non-hydrogen) atoms. The first-order valence-electron chi connectivity index (χ1n) is 8.68. The molecule has 3 aromatic carbocycles. The summed E-state index contributed by atoms with van der Waals surface area (Å²) in [6.07, 6.45) is 0. The van der Waals surface area contributed by atoms with Gasteiger partial charge < -0.3 is 14.8 Å². The summed E-state index contributed by atoms with van der Waals surface area (Å²) in [5, 5.41) is 10.4. The van der Waals surface area contributed by atoms with Crippen molar-refractivity contribution in [1.82, 2.24) is 4.98 Å². The third-order valence-electron chi connectivity index (χ3n) is 4.74. The van der Waals surface area contributed by atoms with Crippen LogP contribution in [0.4, 0.5) is 0 Å². The Bertz CT molecular complexity index is 1230. The van der Waals surface area contributed by atoms with E-state index in [1.54, 1.807) is 12.1 Å². The summed E-state index contributed by atoms with van der Waals surface area (Å²) in [5.41, 5.74) is 3.30. The number of aromatic nitrogens is 1. The fourth-order valence-electron chi connectivity index (χ4n) is 3.44. The lowest BCUT2D eigenvalue weighted by molar-refractivity contribution is 0.0696. The van der Waals surface area contributed by atoms with E-state index in [0.717, 1.165) is 16.6 Å². The van der Waals surface area contributed by atoms with Gasteiger partial charge in [0.1, 0.15) is 12.4 Å². The van der Waals surface area contributed by atoms with Crippen LogP contribution in [-0.4, -0.2) is 21.2 Å². The molecular formula is C22H17NO4S. The number of fused-ring (bicyclic) bond motifs is 3. The third kappa shape index (κ3) is 3.12. The molecule has 0 aliphatic heterocycles. The molecular weight excluding hydrogens is 374 g/mol. The predicted octanol–water partition coefficient (Wildman–Crippen LogP) is 4.98. The number of aromatic amines is 1. The van der Waals surface area contributed by atoms with E-state index >= 15 is 0 Å². The molecule has 0 bridgehead atoms. The molecule has 2 N–H and O–H groups in total. The van der Waals surface area contributed by atoms with E-state index in [-0.39, 0.29) is 11.1 Å². The van der Waals surface area contributed by atoms with Crippen LogP contribution >= 0.6 is 12.6 Å². The van der Waals surface area contributed by atoms with Crippen molar-refractivity contribution < 1.29 is 19.4 Å². The number of aryl methyl sites for hydroxylation is 1. The number of nitrogens with one attached hydrogen (secondary N) is 1. The number of rotatable bonds is 5. The van der Waals surface area contributed by atoms with Gasteiger partial charge in [-0.1, -0.05) is 30.3 Å². The van der Waals surface area contributed by atoms with Crippen molar-refractivity contribution >= 4 is 45.5 Å². The van der Waals surface area contributed by atoms with Crippen LogP contribution in [-0.2, 0) is 6.61 Å². The van der Waals surface area contributed by atoms with Crippen molar-refractivity contribution in [2.75, 3.05) is 0 Å². The number of H-pyrrole nitrogens is 1. The lowest BCUT2D eigenvalue weighted by Gasteiger charge is -2.08. The normalized spacial score (nSPS) is 11.1. The molecule has 0 aliphatic carbocycles. The molecule has 0 amide bonds. The molecule has 140 valence electrons. The summed E-state index contributed by atoms with van der Waals surface area (Å²) in [4.78, 5) is 27.1. The number of thiol groups is 1. The summed E-state index contributed by atoms with van der Waals surface area (Å²) in [7, 11) is 0. The van der Waals surface area contributed by atoms with Gasteiger partial charge in [0, 0.05) is 21.9 Å². The number of carboxylic acids is 1. The molecule has 0 spiro atoms. The Morgan fingerprint density at radius 2 is 1.86 bits per heavy atom. The molecule has 0 radical (unpaired) electrons. The lowest BCUT2D eigenvalue weighted by Crippen LogP contribution is -2.06. The van der Waals surface area contributed by atoms with Gasteiger partial charge in [0.15, 0.2) is 0 Å². The molecule has 0 fully saturated rings. The van der Waals surface area contributed by atoms with E-state index in [2.05, 4.69) is 17.6 Å². The molecule has 1 heterocycles.